The summed E-state index contributed by atoms with van der Waals surface area (Å²) in [5.41, 5.74) is 1.42. The van der Waals surface area contributed by atoms with Crippen LogP contribution in [0.4, 0.5) is 5.69 Å². The van der Waals surface area contributed by atoms with E-state index in [9.17, 15) is 14.4 Å². The van der Waals surface area contributed by atoms with Crippen LogP contribution in [0.5, 0.6) is 0 Å². The highest BCUT2D eigenvalue weighted by Gasteiger charge is 2.25. The van der Waals surface area contributed by atoms with Crippen molar-refractivity contribution in [3.8, 4) is 0 Å². The average molecular weight is 611 g/mol. The van der Waals surface area contributed by atoms with E-state index in [1.165, 1.54) is 11.8 Å². The van der Waals surface area contributed by atoms with Gasteiger partial charge < -0.3 is 24.8 Å². The molecule has 10 nitrogen and oxygen atoms in total. The second kappa shape index (κ2) is 15.0. The topological polar surface area (TPSA) is 118 Å². The number of carbonyl (C=O) groups is 3. The Kier molecular flexibility index (Phi) is 11.2. The lowest BCUT2D eigenvalue weighted by atomic mass is 10.0. The number of anilines is 1. The Morgan fingerprint density at radius 3 is 2.60 bits per heavy atom. The summed E-state index contributed by atoms with van der Waals surface area (Å²) in [6.07, 6.45) is 2.34. The van der Waals surface area contributed by atoms with Gasteiger partial charge in [-0.3, -0.25) is 14.4 Å². The first-order valence-corrected chi connectivity index (χ1v) is 15.1. The predicted octanol–water partition coefficient (Wildman–Crippen LogP) is 4.84. The van der Waals surface area contributed by atoms with Crippen molar-refractivity contribution >= 4 is 46.8 Å². The average Bonchev–Trinajstić information content (AvgIpc) is 3.38. The molecule has 2 aromatic carbocycles. The van der Waals surface area contributed by atoms with Gasteiger partial charge in [0.05, 0.1) is 35.6 Å². The third-order valence-corrected chi connectivity index (χ3v) is 7.82. The lowest BCUT2D eigenvalue weighted by Gasteiger charge is -2.27. The van der Waals surface area contributed by atoms with E-state index in [4.69, 9.17) is 16.3 Å². The summed E-state index contributed by atoms with van der Waals surface area (Å²) in [4.78, 5) is 40.5. The number of benzene rings is 2. The Morgan fingerprint density at radius 2 is 1.88 bits per heavy atom. The molecule has 1 aliphatic rings. The Labute approximate surface area is 254 Å². The number of morpholine rings is 1. The second-order valence-corrected chi connectivity index (χ2v) is 11.5. The predicted molar refractivity (Wildman–Crippen MR) is 164 cm³/mol. The first kappa shape index (κ1) is 31.3. The van der Waals surface area contributed by atoms with Crippen molar-refractivity contribution in [1.82, 2.24) is 25.0 Å². The minimum Gasteiger partial charge on any atom is -0.378 e. The van der Waals surface area contributed by atoms with Crippen molar-refractivity contribution in [3.63, 3.8) is 0 Å². The Bertz CT molecular complexity index is 1420. The number of amides is 3. The smallest absolute Gasteiger partial charge is 0.254 e. The molecule has 0 aliphatic carbocycles. The van der Waals surface area contributed by atoms with Crippen molar-refractivity contribution in [2.75, 3.05) is 37.4 Å². The summed E-state index contributed by atoms with van der Waals surface area (Å²) in [7, 11) is 0. The minimum atomic E-state index is -0.434. The van der Waals surface area contributed by atoms with Crippen molar-refractivity contribution < 1.29 is 19.1 Å². The summed E-state index contributed by atoms with van der Waals surface area (Å²) in [6, 6.07) is 13.3. The Balaban J connectivity index is 1.44. The van der Waals surface area contributed by atoms with E-state index in [0.717, 1.165) is 0 Å². The molecule has 0 spiro atoms. The molecule has 4 rings (SSSR count). The zero-order valence-electron chi connectivity index (χ0n) is 23.7. The van der Waals surface area contributed by atoms with Crippen molar-refractivity contribution in [2.45, 2.75) is 38.0 Å². The molecule has 3 aromatic rings. The maximum atomic E-state index is 13.1. The largest absolute Gasteiger partial charge is 0.378 e. The molecule has 1 aliphatic heterocycles. The molecule has 0 radical (unpaired) electrons. The van der Waals surface area contributed by atoms with E-state index in [0.29, 0.717) is 72.1 Å². The van der Waals surface area contributed by atoms with Crippen LogP contribution in [0.2, 0.25) is 5.02 Å². The van der Waals surface area contributed by atoms with Gasteiger partial charge in [0.15, 0.2) is 11.0 Å². The highest BCUT2D eigenvalue weighted by molar-refractivity contribution is 7.99. The fraction of sp³-hybridized carbons (Fsp3) is 0.367. The van der Waals surface area contributed by atoms with E-state index >= 15 is 0 Å². The molecular weight excluding hydrogens is 576 g/mol. The number of halogens is 1. The van der Waals surface area contributed by atoms with Crippen LogP contribution in [0.25, 0.3) is 0 Å². The summed E-state index contributed by atoms with van der Waals surface area (Å²) in [5, 5.41) is 15.6. The van der Waals surface area contributed by atoms with Crippen LogP contribution in [-0.2, 0) is 16.1 Å². The van der Waals surface area contributed by atoms with Crippen LogP contribution >= 0.6 is 23.4 Å². The number of allylic oxidation sites excluding steroid dienone is 1. The maximum absolute atomic E-state index is 13.1. The summed E-state index contributed by atoms with van der Waals surface area (Å²) >= 11 is 7.49. The molecular formula is C30H35ClN6O4S. The number of aromatic nitrogens is 3. The number of thioether (sulfide) groups is 1. The lowest BCUT2D eigenvalue weighted by molar-refractivity contribution is -0.113. The third-order valence-electron chi connectivity index (χ3n) is 6.52. The van der Waals surface area contributed by atoms with Crippen LogP contribution < -0.4 is 10.6 Å². The van der Waals surface area contributed by atoms with E-state index in [1.54, 1.807) is 59.5 Å². The number of nitrogens with zero attached hydrogens (tertiary/aromatic N) is 4. The number of rotatable bonds is 12. The summed E-state index contributed by atoms with van der Waals surface area (Å²) < 4.78 is 7.18. The van der Waals surface area contributed by atoms with E-state index < -0.39 is 6.04 Å². The number of hydrogen-bond donors (Lipinski definition) is 2. The van der Waals surface area contributed by atoms with E-state index in [1.807, 2.05) is 4.57 Å². The van der Waals surface area contributed by atoms with Gasteiger partial charge >= 0.3 is 0 Å². The SMILES string of the molecule is C=CCn1c(SCC(=O)Nc2cccc(C(=O)N3CCOCC3)c2)nnc1[C@@H](CC(C)C)NC(=O)c1ccccc1Cl. The normalized spacial score (nSPS) is 14.0. The van der Waals surface area contributed by atoms with Gasteiger partial charge in [0.25, 0.3) is 11.8 Å². The molecule has 1 saturated heterocycles. The molecule has 12 heteroatoms. The van der Waals surface area contributed by atoms with Gasteiger partial charge in [-0.15, -0.1) is 16.8 Å². The van der Waals surface area contributed by atoms with Crippen molar-refractivity contribution in [3.05, 3.63) is 83.2 Å². The van der Waals surface area contributed by atoms with Gasteiger partial charge in [0.2, 0.25) is 5.91 Å². The molecule has 0 bridgehead atoms. The monoisotopic (exact) mass is 610 g/mol. The standard InChI is InChI=1S/C30H35ClN6O4S/c1-4-12-37-27(25(17-20(2)3)33-28(39)23-10-5-6-11-24(23)31)34-35-30(37)42-19-26(38)32-22-9-7-8-21(18-22)29(40)36-13-15-41-16-14-36/h4-11,18,20,25H,1,12-17,19H2,2-3H3,(H,32,38)(H,33,39)/t25-/m1/s1. The molecule has 42 heavy (non-hydrogen) atoms. The summed E-state index contributed by atoms with van der Waals surface area (Å²) in [5.74, 6) is 0.243. The number of hydrogen-bond acceptors (Lipinski definition) is 7. The zero-order chi connectivity index (χ0) is 30.1. The molecule has 2 heterocycles. The van der Waals surface area contributed by atoms with Gasteiger partial charge in [-0.05, 0) is 42.7 Å². The molecule has 1 fully saturated rings. The van der Waals surface area contributed by atoms with Crippen LogP contribution in [0, 0.1) is 5.92 Å². The fourth-order valence-electron chi connectivity index (χ4n) is 4.55. The molecule has 1 atom stereocenters. The maximum Gasteiger partial charge on any atom is 0.254 e. The number of ether oxygens (including phenoxy) is 1. The zero-order valence-corrected chi connectivity index (χ0v) is 25.3. The highest BCUT2D eigenvalue weighted by Crippen LogP contribution is 2.26. The molecule has 222 valence electrons. The Morgan fingerprint density at radius 1 is 1.12 bits per heavy atom. The summed E-state index contributed by atoms with van der Waals surface area (Å²) in [6.45, 7) is 10.5. The fourth-order valence-corrected chi connectivity index (χ4v) is 5.53. The molecule has 3 amide bonds. The molecule has 1 aromatic heterocycles. The van der Waals surface area contributed by atoms with Crippen LogP contribution in [0.15, 0.2) is 66.3 Å². The van der Waals surface area contributed by atoms with Gasteiger partial charge in [0.1, 0.15) is 0 Å². The van der Waals surface area contributed by atoms with Gasteiger partial charge in [-0.1, -0.05) is 61.5 Å². The quantitative estimate of drug-likeness (QED) is 0.223. The second-order valence-electron chi connectivity index (χ2n) is 10.2. The van der Waals surface area contributed by atoms with E-state index in [-0.39, 0.29) is 29.4 Å². The van der Waals surface area contributed by atoms with Crippen molar-refractivity contribution in [2.24, 2.45) is 5.92 Å². The first-order chi connectivity index (χ1) is 20.3. The van der Waals surface area contributed by atoms with Crippen molar-refractivity contribution in [1.29, 1.82) is 0 Å². The van der Waals surface area contributed by atoms with Gasteiger partial charge in [-0.2, -0.15) is 0 Å². The van der Waals surface area contributed by atoms with E-state index in [2.05, 4.69) is 41.3 Å². The van der Waals surface area contributed by atoms with Gasteiger partial charge in [0, 0.05) is 30.9 Å². The third kappa shape index (κ3) is 8.21. The van der Waals surface area contributed by atoms with Crippen LogP contribution in [0.1, 0.15) is 52.9 Å². The molecule has 0 unspecified atom stereocenters. The van der Waals surface area contributed by atoms with Crippen LogP contribution in [-0.4, -0.2) is 69.4 Å². The Hall–Kier alpha value is -3.67. The lowest BCUT2D eigenvalue weighted by Crippen LogP contribution is -2.40. The molecule has 0 saturated carbocycles. The number of nitrogens with one attached hydrogen (secondary N) is 2. The minimum absolute atomic E-state index is 0.0672. The molecule has 2 N–H and O–H groups in total. The first-order valence-electron chi connectivity index (χ1n) is 13.8. The highest BCUT2D eigenvalue weighted by atomic mass is 35.5. The van der Waals surface area contributed by atoms with Crippen LogP contribution in [0.3, 0.4) is 0 Å². The van der Waals surface area contributed by atoms with Gasteiger partial charge in [-0.25, -0.2) is 0 Å². The number of carbonyl (C=O) groups excluding carboxylic acids is 3.